The van der Waals surface area contributed by atoms with Crippen molar-refractivity contribution >= 4 is 16.5 Å². The predicted molar refractivity (Wildman–Crippen MR) is 73.3 cm³/mol. The van der Waals surface area contributed by atoms with Crippen molar-refractivity contribution in [2.24, 2.45) is 5.92 Å². The number of anilines is 1. The molecule has 0 saturated heterocycles. The molecule has 100 valence electrons. The van der Waals surface area contributed by atoms with Gasteiger partial charge in [0.15, 0.2) is 0 Å². The van der Waals surface area contributed by atoms with E-state index in [-0.39, 0.29) is 5.69 Å². The van der Waals surface area contributed by atoms with Crippen molar-refractivity contribution in [3.05, 3.63) is 24.0 Å². The van der Waals surface area contributed by atoms with E-state index < -0.39 is 16.6 Å². The summed E-state index contributed by atoms with van der Waals surface area (Å²) in [4.78, 5) is 0.553. The van der Waals surface area contributed by atoms with Crippen molar-refractivity contribution in [1.82, 2.24) is 0 Å². The van der Waals surface area contributed by atoms with Crippen LogP contribution in [0, 0.1) is 11.7 Å². The maximum absolute atomic E-state index is 13.3. The number of benzene rings is 1. The van der Waals surface area contributed by atoms with Crippen LogP contribution >= 0.6 is 0 Å². The number of hydrogen-bond donors (Lipinski definition) is 1. The first-order valence-electron chi connectivity index (χ1n) is 6.60. The Morgan fingerprint density at radius 1 is 1.28 bits per heavy atom. The average Bonchev–Trinajstić information content (AvgIpc) is 2.40. The van der Waals surface area contributed by atoms with E-state index in [1.54, 1.807) is 6.07 Å². The van der Waals surface area contributed by atoms with Gasteiger partial charge in [-0.15, -0.1) is 0 Å². The molecule has 1 unspecified atom stereocenters. The Morgan fingerprint density at radius 2 is 2.00 bits per heavy atom. The number of nitrogen functional groups attached to an aromatic ring is 1. The van der Waals surface area contributed by atoms with Gasteiger partial charge in [0.05, 0.1) is 16.5 Å². The van der Waals surface area contributed by atoms with Crippen molar-refractivity contribution in [1.29, 1.82) is 0 Å². The minimum absolute atomic E-state index is 0.114. The van der Waals surface area contributed by atoms with Crippen molar-refractivity contribution in [2.75, 3.05) is 11.5 Å². The van der Waals surface area contributed by atoms with Gasteiger partial charge >= 0.3 is 0 Å². The smallest absolute Gasteiger partial charge is 0.147 e. The van der Waals surface area contributed by atoms with Gasteiger partial charge < -0.3 is 5.73 Å². The Kier molecular flexibility index (Phi) is 4.75. The Balaban J connectivity index is 1.88. The van der Waals surface area contributed by atoms with Crippen LogP contribution in [0.3, 0.4) is 0 Å². The van der Waals surface area contributed by atoms with E-state index in [4.69, 9.17) is 5.73 Å². The molecule has 18 heavy (non-hydrogen) atoms. The van der Waals surface area contributed by atoms with Crippen LogP contribution in [0.4, 0.5) is 10.1 Å². The van der Waals surface area contributed by atoms with Crippen molar-refractivity contribution in [3.63, 3.8) is 0 Å². The van der Waals surface area contributed by atoms with Gasteiger partial charge in [-0.3, -0.25) is 4.21 Å². The fourth-order valence-electron chi connectivity index (χ4n) is 2.52. The summed E-state index contributed by atoms with van der Waals surface area (Å²) in [5.74, 6) is 0.869. The second-order valence-corrected chi connectivity index (χ2v) is 6.60. The third-order valence-corrected chi connectivity index (χ3v) is 5.06. The molecule has 0 heterocycles. The van der Waals surface area contributed by atoms with Crippen LogP contribution in [0.2, 0.25) is 0 Å². The van der Waals surface area contributed by atoms with E-state index in [9.17, 15) is 8.60 Å². The van der Waals surface area contributed by atoms with E-state index in [2.05, 4.69) is 0 Å². The molecule has 1 aromatic rings. The van der Waals surface area contributed by atoms with Crippen LogP contribution in [0.5, 0.6) is 0 Å². The molecule has 1 aliphatic rings. The summed E-state index contributed by atoms with van der Waals surface area (Å²) in [5, 5.41) is 0. The highest BCUT2D eigenvalue weighted by molar-refractivity contribution is 7.85. The third kappa shape index (κ3) is 3.55. The van der Waals surface area contributed by atoms with Crippen molar-refractivity contribution < 1.29 is 8.60 Å². The largest absolute Gasteiger partial charge is 0.396 e. The SMILES string of the molecule is Nc1ccc(S(=O)CCC2CCCCC2)cc1F. The normalized spacial score (nSPS) is 18.7. The van der Waals surface area contributed by atoms with E-state index in [1.165, 1.54) is 44.2 Å². The van der Waals surface area contributed by atoms with Gasteiger partial charge in [-0.05, 0) is 30.5 Å². The molecule has 0 bridgehead atoms. The summed E-state index contributed by atoms with van der Waals surface area (Å²) in [6.45, 7) is 0. The molecule has 2 nitrogen and oxygen atoms in total. The maximum atomic E-state index is 13.3. The number of hydrogen-bond acceptors (Lipinski definition) is 2. The molecule has 2 rings (SSSR count). The topological polar surface area (TPSA) is 43.1 Å². The first-order chi connectivity index (χ1) is 8.66. The summed E-state index contributed by atoms with van der Waals surface area (Å²) in [5.41, 5.74) is 5.52. The third-order valence-electron chi connectivity index (χ3n) is 3.67. The summed E-state index contributed by atoms with van der Waals surface area (Å²) >= 11 is 0. The first-order valence-corrected chi connectivity index (χ1v) is 7.92. The maximum Gasteiger partial charge on any atom is 0.147 e. The van der Waals surface area contributed by atoms with Gasteiger partial charge in [0.2, 0.25) is 0 Å². The summed E-state index contributed by atoms with van der Waals surface area (Å²) in [6, 6.07) is 4.45. The molecule has 0 radical (unpaired) electrons. The van der Waals surface area contributed by atoms with Gasteiger partial charge in [0.1, 0.15) is 5.82 Å². The number of halogens is 1. The van der Waals surface area contributed by atoms with Crippen LogP contribution in [0.25, 0.3) is 0 Å². The van der Waals surface area contributed by atoms with Gasteiger partial charge in [0.25, 0.3) is 0 Å². The van der Waals surface area contributed by atoms with Gasteiger partial charge in [-0.2, -0.15) is 0 Å². The quantitative estimate of drug-likeness (QED) is 0.850. The second-order valence-electron chi connectivity index (χ2n) is 5.03. The lowest BCUT2D eigenvalue weighted by Crippen LogP contribution is -2.10. The van der Waals surface area contributed by atoms with E-state index in [0.717, 1.165) is 6.42 Å². The van der Waals surface area contributed by atoms with Gasteiger partial charge in [0, 0.05) is 10.6 Å². The summed E-state index contributed by atoms with van der Waals surface area (Å²) < 4.78 is 25.3. The van der Waals surface area contributed by atoms with Crippen LogP contribution in [-0.2, 0) is 10.8 Å². The van der Waals surface area contributed by atoms with Gasteiger partial charge in [-0.1, -0.05) is 32.1 Å². The van der Waals surface area contributed by atoms with Crippen LogP contribution in [0.1, 0.15) is 38.5 Å². The number of nitrogens with two attached hydrogens (primary N) is 1. The van der Waals surface area contributed by atoms with Crippen molar-refractivity contribution in [3.8, 4) is 0 Å². The molecule has 1 aromatic carbocycles. The van der Waals surface area contributed by atoms with Crippen LogP contribution < -0.4 is 5.73 Å². The monoisotopic (exact) mass is 269 g/mol. The Labute approximate surface area is 110 Å². The summed E-state index contributed by atoms with van der Waals surface area (Å²) in [7, 11) is -1.10. The fourth-order valence-corrected chi connectivity index (χ4v) is 3.75. The van der Waals surface area contributed by atoms with Gasteiger partial charge in [-0.25, -0.2) is 4.39 Å². The minimum atomic E-state index is -1.10. The molecule has 1 aliphatic carbocycles. The molecule has 0 aliphatic heterocycles. The number of rotatable bonds is 4. The second kappa shape index (κ2) is 6.32. The lowest BCUT2D eigenvalue weighted by molar-refractivity contribution is 0.351. The lowest BCUT2D eigenvalue weighted by atomic mass is 9.88. The Hall–Kier alpha value is -0.900. The molecular formula is C14H20FNOS. The summed E-state index contributed by atoms with van der Waals surface area (Å²) in [6.07, 6.45) is 7.43. The van der Waals surface area contributed by atoms with E-state index in [0.29, 0.717) is 16.6 Å². The molecule has 1 saturated carbocycles. The molecular weight excluding hydrogens is 249 g/mol. The molecule has 1 fully saturated rings. The molecule has 0 spiro atoms. The average molecular weight is 269 g/mol. The zero-order valence-electron chi connectivity index (χ0n) is 10.5. The Bertz CT molecular complexity index is 430. The van der Waals surface area contributed by atoms with Crippen LogP contribution in [-0.4, -0.2) is 9.96 Å². The predicted octanol–water partition coefficient (Wildman–Crippen LogP) is 3.49. The molecule has 0 amide bonds. The Morgan fingerprint density at radius 3 is 2.67 bits per heavy atom. The molecule has 4 heteroatoms. The molecule has 1 atom stereocenters. The minimum Gasteiger partial charge on any atom is -0.396 e. The molecule has 0 aromatic heterocycles. The van der Waals surface area contributed by atoms with E-state index >= 15 is 0 Å². The highest BCUT2D eigenvalue weighted by Gasteiger charge is 2.15. The zero-order chi connectivity index (χ0) is 13.0. The zero-order valence-corrected chi connectivity index (χ0v) is 11.3. The van der Waals surface area contributed by atoms with Crippen molar-refractivity contribution in [2.45, 2.75) is 43.4 Å². The van der Waals surface area contributed by atoms with E-state index in [1.807, 2.05) is 0 Å². The molecule has 2 N–H and O–H groups in total. The highest BCUT2D eigenvalue weighted by atomic mass is 32.2. The highest BCUT2D eigenvalue weighted by Crippen LogP contribution is 2.27. The lowest BCUT2D eigenvalue weighted by Gasteiger charge is -2.21. The first kappa shape index (κ1) is 13.5. The standard InChI is InChI=1S/C14H20FNOS/c15-13-10-12(6-7-14(13)16)18(17)9-8-11-4-2-1-3-5-11/h6-7,10-11H,1-5,8-9,16H2. The fraction of sp³-hybridized carbons (Fsp3) is 0.571. The van der Waals surface area contributed by atoms with Crippen LogP contribution in [0.15, 0.2) is 23.1 Å².